The van der Waals surface area contributed by atoms with Crippen molar-refractivity contribution in [3.05, 3.63) is 101 Å². The van der Waals surface area contributed by atoms with E-state index in [-0.39, 0.29) is 23.0 Å². The predicted molar refractivity (Wildman–Crippen MR) is 123 cm³/mol. The number of anilines is 1. The predicted octanol–water partition coefficient (Wildman–Crippen LogP) is 4.92. The van der Waals surface area contributed by atoms with Gasteiger partial charge in [0.15, 0.2) is 5.78 Å². The fourth-order valence-corrected chi connectivity index (χ4v) is 4.69. The summed E-state index contributed by atoms with van der Waals surface area (Å²) < 4.78 is 0. The van der Waals surface area contributed by atoms with Crippen LogP contribution >= 0.6 is 11.8 Å². The summed E-state index contributed by atoms with van der Waals surface area (Å²) in [5, 5.41) is 2.76. The van der Waals surface area contributed by atoms with Crippen LogP contribution in [0.25, 0.3) is 0 Å². The molecular weight excluding hydrogens is 408 g/mol. The van der Waals surface area contributed by atoms with Crippen molar-refractivity contribution < 1.29 is 14.4 Å². The monoisotopic (exact) mass is 430 g/mol. The molecule has 1 N–H and O–H groups in total. The molecule has 156 valence electrons. The molecule has 0 unspecified atom stereocenters. The zero-order chi connectivity index (χ0) is 21.8. The number of carbonyl (C=O) groups is 3. The molecule has 1 aliphatic heterocycles. The first-order chi connectivity index (χ1) is 15.0. The summed E-state index contributed by atoms with van der Waals surface area (Å²) in [5.74, 6) is 0.269. The molecule has 1 aliphatic rings. The number of Topliss-reactive ketones (excluding diaryl/α,β-unsaturated/α-hetero) is 1. The highest BCUT2D eigenvalue weighted by Gasteiger charge is 2.32. The Morgan fingerprint density at radius 3 is 2.42 bits per heavy atom. The fourth-order valence-electron chi connectivity index (χ4n) is 3.50. The summed E-state index contributed by atoms with van der Waals surface area (Å²) in [5.41, 5.74) is 3.72. The van der Waals surface area contributed by atoms with Gasteiger partial charge in [-0.15, -0.1) is 11.8 Å². The Balaban J connectivity index is 1.47. The Kier molecular flexibility index (Phi) is 6.18. The minimum absolute atomic E-state index is 0.0517. The number of ketones is 1. The average molecular weight is 431 g/mol. The number of rotatable bonds is 6. The third-order valence-corrected chi connectivity index (χ3v) is 6.40. The van der Waals surface area contributed by atoms with Gasteiger partial charge in [0.05, 0.1) is 5.75 Å². The van der Waals surface area contributed by atoms with Crippen LogP contribution in [-0.2, 0) is 11.3 Å². The number of thioether (sulfide) groups is 1. The fraction of sp³-hybridized carbons (Fsp3) is 0.160. The maximum absolute atomic E-state index is 12.6. The standard InChI is InChI=1S/C25H22N2O3S/c1-17(28)21-8-5-9-22(14-21)26-24(30)19-10-12-20(13-11-19)25-27(23(29)16-31-25)15-18-6-3-2-4-7-18/h2-14,25H,15-16H2,1H3,(H,26,30)/t25-/m0/s1. The Labute approximate surface area is 185 Å². The van der Waals surface area contributed by atoms with Crippen LogP contribution in [0.5, 0.6) is 0 Å². The molecule has 1 fully saturated rings. The zero-order valence-electron chi connectivity index (χ0n) is 17.1. The molecule has 0 spiro atoms. The summed E-state index contributed by atoms with van der Waals surface area (Å²) in [6.45, 7) is 2.05. The van der Waals surface area contributed by atoms with Crippen LogP contribution in [0.2, 0.25) is 0 Å². The first-order valence-corrected chi connectivity index (χ1v) is 11.0. The van der Waals surface area contributed by atoms with Crippen LogP contribution < -0.4 is 5.32 Å². The van der Waals surface area contributed by atoms with E-state index >= 15 is 0 Å². The second-order valence-corrected chi connectivity index (χ2v) is 8.45. The quantitative estimate of drug-likeness (QED) is 0.564. The third kappa shape index (κ3) is 4.86. The van der Waals surface area contributed by atoms with Crippen molar-refractivity contribution in [2.75, 3.05) is 11.1 Å². The van der Waals surface area contributed by atoms with Crippen molar-refractivity contribution in [1.82, 2.24) is 4.90 Å². The van der Waals surface area contributed by atoms with Crippen molar-refractivity contribution >= 4 is 35.0 Å². The van der Waals surface area contributed by atoms with E-state index in [4.69, 9.17) is 0 Å². The highest BCUT2D eigenvalue weighted by atomic mass is 32.2. The van der Waals surface area contributed by atoms with E-state index in [1.807, 2.05) is 47.4 Å². The van der Waals surface area contributed by atoms with E-state index in [0.717, 1.165) is 11.1 Å². The molecular formula is C25H22N2O3S. The molecule has 0 bridgehead atoms. The van der Waals surface area contributed by atoms with Crippen LogP contribution in [0.15, 0.2) is 78.9 Å². The van der Waals surface area contributed by atoms with Gasteiger partial charge in [0.25, 0.3) is 5.91 Å². The smallest absolute Gasteiger partial charge is 0.255 e. The van der Waals surface area contributed by atoms with Gasteiger partial charge in [0, 0.05) is 23.4 Å². The molecule has 0 aromatic heterocycles. The molecule has 4 rings (SSSR count). The molecule has 1 heterocycles. The van der Waals surface area contributed by atoms with Gasteiger partial charge in [-0.25, -0.2) is 0 Å². The van der Waals surface area contributed by atoms with Gasteiger partial charge >= 0.3 is 0 Å². The third-order valence-electron chi connectivity index (χ3n) is 5.15. The maximum Gasteiger partial charge on any atom is 0.255 e. The number of benzene rings is 3. The molecule has 0 radical (unpaired) electrons. The molecule has 3 aromatic carbocycles. The van der Waals surface area contributed by atoms with Gasteiger partial charge in [-0.2, -0.15) is 0 Å². The SMILES string of the molecule is CC(=O)c1cccc(NC(=O)c2ccc([C@@H]3SCC(=O)N3Cc3ccccc3)cc2)c1. The van der Waals surface area contributed by atoms with Crippen LogP contribution in [0.1, 0.15) is 44.1 Å². The van der Waals surface area contributed by atoms with E-state index in [0.29, 0.717) is 29.1 Å². The maximum atomic E-state index is 12.6. The lowest BCUT2D eigenvalue weighted by atomic mass is 10.1. The molecule has 0 aliphatic carbocycles. The molecule has 31 heavy (non-hydrogen) atoms. The Hall–Kier alpha value is -3.38. The van der Waals surface area contributed by atoms with Crippen LogP contribution in [0, 0.1) is 0 Å². The van der Waals surface area contributed by atoms with E-state index < -0.39 is 0 Å². The second kappa shape index (κ2) is 9.18. The minimum atomic E-state index is -0.247. The van der Waals surface area contributed by atoms with E-state index in [9.17, 15) is 14.4 Å². The normalized spacial score (nSPS) is 15.7. The largest absolute Gasteiger partial charge is 0.322 e. The number of nitrogens with zero attached hydrogens (tertiary/aromatic N) is 1. The van der Waals surface area contributed by atoms with Gasteiger partial charge in [0.1, 0.15) is 5.37 Å². The number of carbonyl (C=O) groups excluding carboxylic acids is 3. The van der Waals surface area contributed by atoms with E-state index in [1.165, 1.54) is 6.92 Å². The molecule has 5 nitrogen and oxygen atoms in total. The zero-order valence-corrected chi connectivity index (χ0v) is 17.9. The summed E-state index contributed by atoms with van der Waals surface area (Å²) in [4.78, 5) is 38.5. The van der Waals surface area contributed by atoms with E-state index in [2.05, 4.69) is 5.32 Å². The van der Waals surface area contributed by atoms with Crippen molar-refractivity contribution in [3.63, 3.8) is 0 Å². The Morgan fingerprint density at radius 2 is 1.71 bits per heavy atom. The Morgan fingerprint density at radius 1 is 0.968 bits per heavy atom. The van der Waals surface area contributed by atoms with Crippen molar-refractivity contribution in [2.45, 2.75) is 18.8 Å². The summed E-state index contributed by atoms with van der Waals surface area (Å²) in [6.07, 6.45) is 0. The summed E-state index contributed by atoms with van der Waals surface area (Å²) in [6, 6.07) is 24.1. The number of hydrogen-bond acceptors (Lipinski definition) is 4. The lowest BCUT2D eigenvalue weighted by Gasteiger charge is -2.24. The summed E-state index contributed by atoms with van der Waals surface area (Å²) >= 11 is 1.60. The van der Waals surface area contributed by atoms with E-state index in [1.54, 1.807) is 48.2 Å². The highest BCUT2D eigenvalue weighted by Crippen LogP contribution is 2.39. The topological polar surface area (TPSA) is 66.5 Å². The minimum Gasteiger partial charge on any atom is -0.322 e. The summed E-state index contributed by atoms with van der Waals surface area (Å²) in [7, 11) is 0. The molecule has 3 aromatic rings. The number of amides is 2. The van der Waals surface area contributed by atoms with Gasteiger partial charge in [0.2, 0.25) is 5.91 Å². The lowest BCUT2D eigenvalue weighted by molar-refractivity contribution is -0.128. The molecule has 6 heteroatoms. The molecule has 0 saturated carbocycles. The lowest BCUT2D eigenvalue weighted by Crippen LogP contribution is -2.27. The second-order valence-electron chi connectivity index (χ2n) is 7.38. The van der Waals surface area contributed by atoms with Gasteiger partial charge in [-0.05, 0) is 42.3 Å². The van der Waals surface area contributed by atoms with Crippen molar-refractivity contribution in [1.29, 1.82) is 0 Å². The highest BCUT2D eigenvalue weighted by molar-refractivity contribution is 8.00. The van der Waals surface area contributed by atoms with Gasteiger partial charge in [-0.3, -0.25) is 14.4 Å². The molecule has 1 saturated heterocycles. The average Bonchev–Trinajstić information content (AvgIpc) is 3.15. The Bertz CT molecular complexity index is 1110. The van der Waals surface area contributed by atoms with Crippen molar-refractivity contribution in [2.24, 2.45) is 0 Å². The first-order valence-electron chi connectivity index (χ1n) is 9.98. The van der Waals surface area contributed by atoms with Crippen LogP contribution in [-0.4, -0.2) is 28.3 Å². The van der Waals surface area contributed by atoms with Gasteiger partial charge in [-0.1, -0.05) is 54.6 Å². The van der Waals surface area contributed by atoms with Crippen LogP contribution in [0.3, 0.4) is 0 Å². The molecule has 1 atom stereocenters. The van der Waals surface area contributed by atoms with Gasteiger partial charge < -0.3 is 10.2 Å². The van der Waals surface area contributed by atoms with Crippen molar-refractivity contribution in [3.8, 4) is 0 Å². The number of nitrogens with one attached hydrogen (secondary N) is 1. The van der Waals surface area contributed by atoms with Crippen LogP contribution in [0.4, 0.5) is 5.69 Å². The number of hydrogen-bond donors (Lipinski definition) is 1. The first kappa shape index (κ1) is 20.9. The molecule has 2 amide bonds.